The minimum absolute atomic E-state index is 0.0469. The van der Waals surface area contributed by atoms with Gasteiger partial charge in [0.05, 0.1) is 7.11 Å². The Morgan fingerprint density at radius 2 is 1.64 bits per heavy atom. The number of nitrogens with zero attached hydrogens (tertiary/aromatic N) is 1. The summed E-state index contributed by atoms with van der Waals surface area (Å²) in [6.45, 7) is 1.55. The van der Waals surface area contributed by atoms with E-state index in [9.17, 15) is 4.79 Å². The summed E-state index contributed by atoms with van der Waals surface area (Å²) < 4.78 is 10.5. The molecule has 0 saturated heterocycles. The van der Waals surface area contributed by atoms with E-state index < -0.39 is 0 Å². The molecule has 0 saturated carbocycles. The second-order valence-electron chi connectivity index (χ2n) is 4.94. The van der Waals surface area contributed by atoms with Crippen LogP contribution in [0.2, 0.25) is 0 Å². The van der Waals surface area contributed by atoms with Crippen molar-refractivity contribution in [2.75, 3.05) is 7.11 Å². The molecule has 0 atom stereocenters. The smallest absolute Gasteiger partial charge is 0.167 e. The molecule has 0 aliphatic carbocycles. The Bertz CT molecular complexity index is 786. The number of carbonyl (C=O) groups excluding carboxylic acids is 1. The number of Topliss-reactive ketones (excluding diaryl/α,β-unsaturated/α-hetero) is 1. The topological polar surface area (TPSA) is 52.3 Å². The van der Waals surface area contributed by atoms with Crippen molar-refractivity contribution in [2.24, 2.45) is 0 Å². The van der Waals surface area contributed by atoms with Crippen molar-refractivity contribution in [1.82, 2.24) is 5.16 Å². The van der Waals surface area contributed by atoms with Gasteiger partial charge < -0.3 is 9.26 Å². The summed E-state index contributed by atoms with van der Waals surface area (Å²) in [5, 5.41) is 4.09. The third-order valence-electron chi connectivity index (χ3n) is 3.47. The van der Waals surface area contributed by atoms with Crippen LogP contribution < -0.4 is 4.74 Å². The molecule has 0 N–H and O–H groups in total. The first-order chi connectivity index (χ1) is 10.7. The van der Waals surface area contributed by atoms with Gasteiger partial charge in [0.2, 0.25) is 0 Å². The van der Waals surface area contributed by atoms with E-state index in [-0.39, 0.29) is 5.78 Å². The molecule has 3 aromatic rings. The van der Waals surface area contributed by atoms with Crippen LogP contribution in [0, 0.1) is 0 Å². The largest absolute Gasteiger partial charge is 0.497 e. The van der Waals surface area contributed by atoms with Gasteiger partial charge in [-0.2, -0.15) is 0 Å². The number of rotatable bonds is 4. The van der Waals surface area contributed by atoms with Gasteiger partial charge in [-0.3, -0.25) is 4.79 Å². The highest BCUT2D eigenvalue weighted by molar-refractivity contribution is 5.94. The molecule has 0 amide bonds. The Balaban J connectivity index is 1.87. The molecule has 0 aliphatic heterocycles. The third-order valence-corrected chi connectivity index (χ3v) is 3.47. The molecule has 0 bridgehead atoms. The first kappa shape index (κ1) is 14.1. The van der Waals surface area contributed by atoms with E-state index in [2.05, 4.69) is 5.16 Å². The zero-order valence-electron chi connectivity index (χ0n) is 12.4. The lowest BCUT2D eigenvalue weighted by molar-refractivity contribution is 0.101. The van der Waals surface area contributed by atoms with Crippen LogP contribution >= 0.6 is 0 Å². The summed E-state index contributed by atoms with van der Waals surface area (Å²) >= 11 is 0. The van der Waals surface area contributed by atoms with Gasteiger partial charge in [0.25, 0.3) is 0 Å². The maximum atomic E-state index is 11.3. The molecule has 0 fully saturated rings. The Labute approximate surface area is 128 Å². The van der Waals surface area contributed by atoms with E-state index in [1.165, 1.54) is 0 Å². The van der Waals surface area contributed by atoms with E-state index in [0.717, 1.165) is 22.6 Å². The first-order valence-electron chi connectivity index (χ1n) is 6.90. The molecule has 4 heteroatoms. The van der Waals surface area contributed by atoms with Crippen LogP contribution in [0.25, 0.3) is 22.6 Å². The van der Waals surface area contributed by atoms with Crippen LogP contribution in [0.1, 0.15) is 17.3 Å². The summed E-state index contributed by atoms with van der Waals surface area (Å²) in [5.41, 5.74) is 3.26. The number of hydrogen-bond donors (Lipinski definition) is 0. The Morgan fingerprint density at radius 3 is 2.23 bits per heavy atom. The highest BCUT2D eigenvalue weighted by Gasteiger charge is 2.09. The van der Waals surface area contributed by atoms with E-state index in [1.807, 2.05) is 42.5 Å². The van der Waals surface area contributed by atoms with Gasteiger partial charge in [-0.05, 0) is 31.2 Å². The predicted octanol–water partition coefficient (Wildman–Crippen LogP) is 4.22. The van der Waals surface area contributed by atoms with Crippen molar-refractivity contribution in [2.45, 2.75) is 6.92 Å². The molecule has 0 aliphatic rings. The molecule has 3 rings (SSSR count). The van der Waals surface area contributed by atoms with E-state index in [1.54, 1.807) is 26.2 Å². The lowest BCUT2D eigenvalue weighted by atomic mass is 10.1. The zero-order chi connectivity index (χ0) is 15.5. The lowest BCUT2D eigenvalue weighted by Gasteiger charge is -1.99. The second kappa shape index (κ2) is 5.85. The third kappa shape index (κ3) is 2.76. The summed E-state index contributed by atoms with van der Waals surface area (Å²) in [4.78, 5) is 11.3. The normalized spacial score (nSPS) is 10.5. The second-order valence-corrected chi connectivity index (χ2v) is 4.94. The predicted molar refractivity (Wildman–Crippen MR) is 83.9 cm³/mol. The minimum atomic E-state index is 0.0469. The Hall–Kier alpha value is -2.88. The number of hydrogen-bond acceptors (Lipinski definition) is 4. The first-order valence-corrected chi connectivity index (χ1v) is 6.90. The average Bonchev–Trinajstić information content (AvgIpc) is 3.05. The molecular weight excluding hydrogens is 278 g/mol. The molecule has 22 heavy (non-hydrogen) atoms. The van der Waals surface area contributed by atoms with Crippen LogP contribution in [-0.4, -0.2) is 18.0 Å². The molecule has 4 nitrogen and oxygen atoms in total. The quantitative estimate of drug-likeness (QED) is 0.676. The fraction of sp³-hybridized carbons (Fsp3) is 0.111. The summed E-state index contributed by atoms with van der Waals surface area (Å²) in [6, 6.07) is 16.8. The SMILES string of the molecule is COc1ccc(-c2cc(-c3ccc(C(C)=O)cc3)no2)cc1. The summed E-state index contributed by atoms with van der Waals surface area (Å²) in [7, 11) is 1.63. The van der Waals surface area contributed by atoms with Crippen LogP contribution in [0.4, 0.5) is 0 Å². The molecule has 0 radical (unpaired) electrons. The number of carbonyl (C=O) groups is 1. The number of aromatic nitrogens is 1. The van der Waals surface area contributed by atoms with Crippen molar-refractivity contribution in [3.63, 3.8) is 0 Å². The van der Waals surface area contributed by atoms with Crippen molar-refractivity contribution >= 4 is 5.78 Å². The van der Waals surface area contributed by atoms with Gasteiger partial charge in [0, 0.05) is 22.8 Å². The van der Waals surface area contributed by atoms with Gasteiger partial charge in [-0.25, -0.2) is 0 Å². The van der Waals surface area contributed by atoms with Crippen LogP contribution in [0.15, 0.2) is 59.1 Å². The molecule has 0 unspecified atom stereocenters. The number of ketones is 1. The monoisotopic (exact) mass is 293 g/mol. The molecule has 1 aromatic heterocycles. The van der Waals surface area contributed by atoms with Gasteiger partial charge in [-0.1, -0.05) is 29.4 Å². The zero-order valence-corrected chi connectivity index (χ0v) is 12.4. The van der Waals surface area contributed by atoms with E-state index in [0.29, 0.717) is 11.3 Å². The Kier molecular flexibility index (Phi) is 3.74. The number of benzene rings is 2. The lowest BCUT2D eigenvalue weighted by Crippen LogP contribution is -1.90. The van der Waals surface area contributed by atoms with Crippen molar-refractivity contribution < 1.29 is 14.1 Å². The molecule has 0 spiro atoms. The maximum Gasteiger partial charge on any atom is 0.167 e. The fourth-order valence-corrected chi connectivity index (χ4v) is 2.18. The number of ether oxygens (including phenoxy) is 1. The summed E-state index contributed by atoms with van der Waals surface area (Å²) in [6.07, 6.45) is 0. The molecule has 110 valence electrons. The van der Waals surface area contributed by atoms with E-state index in [4.69, 9.17) is 9.26 Å². The number of methoxy groups -OCH3 is 1. The highest BCUT2D eigenvalue weighted by atomic mass is 16.5. The van der Waals surface area contributed by atoms with Crippen LogP contribution in [-0.2, 0) is 0 Å². The van der Waals surface area contributed by atoms with Crippen molar-refractivity contribution in [3.05, 3.63) is 60.2 Å². The fourth-order valence-electron chi connectivity index (χ4n) is 2.18. The molecule has 2 aromatic carbocycles. The summed E-state index contributed by atoms with van der Waals surface area (Å²) in [5.74, 6) is 1.53. The van der Waals surface area contributed by atoms with Gasteiger partial charge in [0.15, 0.2) is 11.5 Å². The molecule has 1 heterocycles. The van der Waals surface area contributed by atoms with Crippen LogP contribution in [0.3, 0.4) is 0 Å². The Morgan fingerprint density at radius 1 is 1.00 bits per heavy atom. The van der Waals surface area contributed by atoms with Gasteiger partial charge in [0.1, 0.15) is 11.4 Å². The maximum absolute atomic E-state index is 11.3. The highest BCUT2D eigenvalue weighted by Crippen LogP contribution is 2.27. The minimum Gasteiger partial charge on any atom is -0.497 e. The molecular formula is C18H15NO3. The van der Waals surface area contributed by atoms with Gasteiger partial charge in [-0.15, -0.1) is 0 Å². The van der Waals surface area contributed by atoms with E-state index >= 15 is 0 Å². The van der Waals surface area contributed by atoms with Crippen LogP contribution in [0.5, 0.6) is 5.75 Å². The van der Waals surface area contributed by atoms with Gasteiger partial charge >= 0.3 is 0 Å². The average molecular weight is 293 g/mol. The van der Waals surface area contributed by atoms with Crippen molar-refractivity contribution in [1.29, 1.82) is 0 Å². The standard InChI is InChI=1S/C18H15NO3/c1-12(20)13-3-5-14(6-4-13)17-11-18(22-19-17)15-7-9-16(21-2)10-8-15/h3-11H,1-2H3. The van der Waals surface area contributed by atoms with Crippen molar-refractivity contribution in [3.8, 4) is 28.3 Å².